The van der Waals surface area contributed by atoms with Crippen LogP contribution in [0.2, 0.25) is 10.0 Å². The van der Waals surface area contributed by atoms with Crippen LogP contribution in [-0.4, -0.2) is 29.7 Å². The van der Waals surface area contributed by atoms with Gasteiger partial charge in [-0.3, -0.25) is 14.2 Å². The average molecular weight is 558 g/mol. The van der Waals surface area contributed by atoms with E-state index in [2.05, 4.69) is 10.3 Å². The van der Waals surface area contributed by atoms with E-state index in [4.69, 9.17) is 32.7 Å². The lowest BCUT2D eigenvalue weighted by Crippen LogP contribution is -2.41. The molecule has 37 heavy (non-hydrogen) atoms. The number of hydrogen-bond acceptors (Lipinski definition) is 7. The molecule has 0 radical (unpaired) electrons. The lowest BCUT2D eigenvalue weighted by molar-refractivity contribution is -0.143. The van der Waals surface area contributed by atoms with Crippen molar-refractivity contribution < 1.29 is 19.1 Å². The molecule has 0 aliphatic carbocycles. The molecule has 0 unspecified atom stereocenters. The summed E-state index contributed by atoms with van der Waals surface area (Å²) in [6.07, 6.45) is -0.398. The van der Waals surface area contributed by atoms with Crippen LogP contribution in [0, 0.1) is 0 Å². The number of aromatic nitrogens is 1. The van der Waals surface area contributed by atoms with E-state index in [-0.39, 0.29) is 15.7 Å². The van der Waals surface area contributed by atoms with Crippen molar-refractivity contribution in [3.63, 3.8) is 0 Å². The highest BCUT2D eigenvalue weighted by molar-refractivity contribution is 7.07. The molecule has 0 spiro atoms. The van der Waals surface area contributed by atoms with Gasteiger partial charge in [0.25, 0.3) is 11.5 Å². The minimum atomic E-state index is -0.950. The first-order chi connectivity index (χ1) is 17.6. The third-order valence-electron chi connectivity index (χ3n) is 6.00. The number of nitrogens with zero attached hydrogens (tertiary/aromatic N) is 2. The molecule has 5 rings (SSSR count). The topological polar surface area (TPSA) is 99.0 Å². The summed E-state index contributed by atoms with van der Waals surface area (Å²) >= 11 is 13.6. The fourth-order valence-corrected chi connectivity index (χ4v) is 5.98. The van der Waals surface area contributed by atoms with Gasteiger partial charge in [0.2, 0.25) is 0 Å². The lowest BCUT2D eigenvalue weighted by Gasteiger charge is -2.26. The van der Waals surface area contributed by atoms with Crippen LogP contribution in [0.3, 0.4) is 0 Å². The van der Waals surface area contributed by atoms with Crippen molar-refractivity contribution in [2.45, 2.75) is 32.9 Å². The molecular formula is C26H21Cl2N3O5S. The molecule has 2 aromatic carbocycles. The normalized spacial score (nSPS) is 17.8. The third-order valence-corrected chi connectivity index (χ3v) is 7.52. The Bertz CT molecular complexity index is 1700. The van der Waals surface area contributed by atoms with Crippen LogP contribution >= 0.6 is 34.5 Å². The highest BCUT2D eigenvalue weighted by atomic mass is 35.5. The number of carbonyl (C=O) groups excluding carboxylic acids is 2. The predicted octanol–water partition coefficient (Wildman–Crippen LogP) is 3.82. The van der Waals surface area contributed by atoms with Gasteiger partial charge in [0.05, 0.1) is 30.1 Å². The fourth-order valence-electron chi connectivity index (χ4n) is 4.49. The zero-order chi connectivity index (χ0) is 26.6. The van der Waals surface area contributed by atoms with E-state index in [1.54, 1.807) is 57.2 Å². The Morgan fingerprint density at radius 2 is 1.84 bits per heavy atom. The van der Waals surface area contributed by atoms with Crippen LogP contribution in [0.4, 0.5) is 5.69 Å². The lowest BCUT2D eigenvalue weighted by atomic mass is 9.95. The molecule has 1 amide bonds. The van der Waals surface area contributed by atoms with Gasteiger partial charge in [-0.25, -0.2) is 9.79 Å². The van der Waals surface area contributed by atoms with Crippen LogP contribution in [0.5, 0.6) is 5.75 Å². The van der Waals surface area contributed by atoms with Gasteiger partial charge in [0.1, 0.15) is 16.3 Å². The summed E-state index contributed by atoms with van der Waals surface area (Å²) in [4.78, 5) is 45.2. The summed E-state index contributed by atoms with van der Waals surface area (Å²) in [5, 5.41) is 3.60. The number of thiazole rings is 1. The van der Waals surface area contributed by atoms with Crippen molar-refractivity contribution in [2.75, 3.05) is 12.4 Å². The summed E-state index contributed by atoms with van der Waals surface area (Å²) in [6.45, 7) is 5.15. The van der Waals surface area contributed by atoms with Crippen molar-refractivity contribution in [3.05, 3.63) is 88.5 Å². The van der Waals surface area contributed by atoms with Gasteiger partial charge in [0.15, 0.2) is 4.80 Å². The molecule has 2 aliphatic heterocycles. The summed E-state index contributed by atoms with van der Waals surface area (Å²) in [6, 6.07) is 8.99. The SMILES string of the molecule is COc1ccc(Cl)cc1[C@@H]1C(C(=O)OC(C)C)=C(C)N=c2s/c(=C3/C(=O)Nc4ccc(Cl)cc43)c(=O)n21. The van der Waals surface area contributed by atoms with Crippen LogP contribution in [-0.2, 0) is 14.3 Å². The zero-order valence-electron chi connectivity index (χ0n) is 20.2. The van der Waals surface area contributed by atoms with Gasteiger partial charge in [0, 0.05) is 26.9 Å². The van der Waals surface area contributed by atoms with Crippen LogP contribution in [0.25, 0.3) is 5.57 Å². The molecule has 1 atom stereocenters. The number of nitrogens with one attached hydrogen (secondary N) is 1. The third kappa shape index (κ3) is 4.27. The molecular weight excluding hydrogens is 537 g/mol. The van der Waals surface area contributed by atoms with Gasteiger partial charge in [-0.2, -0.15) is 0 Å². The molecule has 190 valence electrons. The maximum Gasteiger partial charge on any atom is 0.338 e. The minimum absolute atomic E-state index is 0.175. The van der Waals surface area contributed by atoms with E-state index >= 15 is 0 Å². The first-order valence-electron chi connectivity index (χ1n) is 11.3. The Balaban J connectivity index is 1.85. The highest BCUT2D eigenvalue weighted by Crippen LogP contribution is 2.38. The van der Waals surface area contributed by atoms with Gasteiger partial charge in [-0.1, -0.05) is 34.5 Å². The molecule has 1 N–H and O–H groups in total. The fraction of sp³-hybridized carbons (Fsp3) is 0.231. The number of carbonyl (C=O) groups is 2. The molecule has 8 nitrogen and oxygen atoms in total. The Morgan fingerprint density at radius 1 is 1.14 bits per heavy atom. The average Bonchev–Trinajstić information content (AvgIpc) is 3.32. The second-order valence-corrected chi connectivity index (χ2v) is 10.6. The monoisotopic (exact) mass is 557 g/mol. The molecule has 3 aromatic rings. The van der Waals surface area contributed by atoms with Crippen LogP contribution in [0.15, 0.2) is 57.5 Å². The molecule has 0 fully saturated rings. The number of amides is 1. The molecule has 3 heterocycles. The minimum Gasteiger partial charge on any atom is -0.496 e. The number of rotatable bonds is 4. The maximum atomic E-state index is 14.0. The number of benzene rings is 2. The van der Waals surface area contributed by atoms with Crippen molar-refractivity contribution in [2.24, 2.45) is 4.99 Å². The quantitative estimate of drug-likeness (QED) is 0.491. The molecule has 0 saturated heterocycles. The number of anilines is 1. The molecule has 0 bridgehead atoms. The van der Waals surface area contributed by atoms with Crippen molar-refractivity contribution in [3.8, 4) is 5.75 Å². The number of methoxy groups -OCH3 is 1. The number of halogens is 2. The second-order valence-electron chi connectivity index (χ2n) is 8.76. The van der Waals surface area contributed by atoms with Crippen LogP contribution < -0.4 is 24.9 Å². The van der Waals surface area contributed by atoms with Crippen molar-refractivity contribution >= 4 is 57.7 Å². The Hall–Kier alpha value is -3.40. The maximum absolute atomic E-state index is 14.0. The summed E-state index contributed by atoms with van der Waals surface area (Å²) in [5.74, 6) is -0.612. The van der Waals surface area contributed by atoms with Crippen molar-refractivity contribution in [1.82, 2.24) is 4.57 Å². The largest absolute Gasteiger partial charge is 0.496 e. The molecule has 1 aromatic heterocycles. The van der Waals surface area contributed by atoms with E-state index < -0.39 is 29.6 Å². The summed E-state index contributed by atoms with van der Waals surface area (Å²) in [7, 11) is 1.49. The number of ether oxygens (including phenoxy) is 2. The summed E-state index contributed by atoms with van der Waals surface area (Å²) in [5.41, 5.74) is 1.83. The first kappa shape index (κ1) is 25.3. The first-order valence-corrected chi connectivity index (χ1v) is 12.9. The number of esters is 1. The standard InChI is InChI=1S/C26H21Cl2N3O5S/c1-11(2)36-25(34)19-12(3)29-26-31(21(19)16-10-14(28)6-8-18(16)35-4)24(33)22(37-26)20-15-9-13(27)5-7-17(15)30-23(20)32/h5-11,21H,1-4H3,(H,30,32)/b22-20+/t21-/m1/s1. The molecule has 11 heteroatoms. The predicted molar refractivity (Wildman–Crippen MR) is 142 cm³/mol. The molecule has 2 aliphatic rings. The van der Waals surface area contributed by atoms with Gasteiger partial charge < -0.3 is 14.8 Å². The van der Waals surface area contributed by atoms with E-state index in [1.165, 1.54) is 11.7 Å². The highest BCUT2D eigenvalue weighted by Gasteiger charge is 2.37. The smallest absolute Gasteiger partial charge is 0.338 e. The Labute approximate surface area is 225 Å². The Morgan fingerprint density at radius 3 is 2.54 bits per heavy atom. The van der Waals surface area contributed by atoms with Crippen LogP contribution in [0.1, 0.15) is 37.9 Å². The van der Waals surface area contributed by atoms with Crippen molar-refractivity contribution in [1.29, 1.82) is 0 Å². The number of allylic oxidation sites excluding steroid dienone is 1. The van der Waals surface area contributed by atoms with E-state index in [0.717, 1.165) is 11.3 Å². The van der Waals surface area contributed by atoms with E-state index in [1.807, 2.05) is 0 Å². The summed E-state index contributed by atoms with van der Waals surface area (Å²) < 4.78 is 12.7. The van der Waals surface area contributed by atoms with Gasteiger partial charge in [-0.05, 0) is 57.2 Å². The number of fused-ring (bicyclic) bond motifs is 2. The van der Waals surface area contributed by atoms with E-state index in [9.17, 15) is 14.4 Å². The second kappa shape index (κ2) is 9.48. The van der Waals surface area contributed by atoms with Gasteiger partial charge in [-0.15, -0.1) is 0 Å². The van der Waals surface area contributed by atoms with E-state index in [0.29, 0.717) is 43.1 Å². The number of hydrogen-bond donors (Lipinski definition) is 1. The Kier molecular flexibility index (Phi) is 6.47. The van der Waals surface area contributed by atoms with Gasteiger partial charge >= 0.3 is 5.97 Å². The zero-order valence-corrected chi connectivity index (χ0v) is 22.5. The molecule has 0 saturated carbocycles.